The number of rotatable bonds is 9. The van der Waals surface area contributed by atoms with Crippen molar-refractivity contribution in [3.63, 3.8) is 0 Å². The van der Waals surface area contributed by atoms with Gasteiger partial charge in [0.2, 0.25) is 10.0 Å². The molecule has 0 unspecified atom stereocenters. The Bertz CT molecular complexity index is 1130. The van der Waals surface area contributed by atoms with Crippen LogP contribution in [-0.2, 0) is 16.4 Å². The molecule has 0 aliphatic carbocycles. The minimum absolute atomic E-state index is 0.107. The second kappa shape index (κ2) is 10.2. The molecule has 8 heteroatoms. The Kier molecular flexibility index (Phi) is 7.59. The van der Waals surface area contributed by atoms with Gasteiger partial charge in [0.1, 0.15) is 0 Å². The summed E-state index contributed by atoms with van der Waals surface area (Å²) in [5, 5.41) is 5.14. The highest BCUT2D eigenvalue weighted by molar-refractivity contribution is 7.89. The van der Waals surface area contributed by atoms with Crippen LogP contribution in [0.15, 0.2) is 58.8 Å². The molecule has 2 aromatic carbocycles. The number of amides is 1. The van der Waals surface area contributed by atoms with Crippen molar-refractivity contribution in [1.82, 2.24) is 9.29 Å². The van der Waals surface area contributed by atoms with Crippen LogP contribution >= 0.6 is 11.3 Å². The van der Waals surface area contributed by atoms with Crippen LogP contribution in [0.2, 0.25) is 0 Å². The number of sulfonamides is 1. The fourth-order valence-electron chi connectivity index (χ4n) is 3.27. The van der Waals surface area contributed by atoms with E-state index in [-0.39, 0.29) is 10.5 Å². The molecule has 3 aromatic rings. The predicted octanol–water partition coefficient (Wildman–Crippen LogP) is 5.05. The lowest BCUT2D eigenvalue weighted by molar-refractivity contribution is 0.102. The average Bonchev–Trinajstić information content (AvgIpc) is 3.23. The summed E-state index contributed by atoms with van der Waals surface area (Å²) >= 11 is 1.33. The number of thiazole rings is 1. The van der Waals surface area contributed by atoms with Crippen molar-refractivity contribution >= 4 is 32.4 Å². The Morgan fingerprint density at radius 2 is 1.77 bits per heavy atom. The van der Waals surface area contributed by atoms with Gasteiger partial charge in [-0.1, -0.05) is 57.5 Å². The molecule has 31 heavy (non-hydrogen) atoms. The Hall–Kier alpha value is -2.55. The molecule has 0 atom stereocenters. The molecule has 1 heterocycles. The highest BCUT2D eigenvalue weighted by Crippen LogP contribution is 2.26. The van der Waals surface area contributed by atoms with Crippen molar-refractivity contribution in [2.24, 2.45) is 0 Å². The van der Waals surface area contributed by atoms with Crippen LogP contribution in [0.5, 0.6) is 0 Å². The number of nitrogens with zero attached hydrogens (tertiary/aromatic N) is 2. The van der Waals surface area contributed by atoms with Crippen LogP contribution in [0.25, 0.3) is 11.3 Å². The molecule has 3 rings (SSSR count). The molecule has 0 fully saturated rings. The summed E-state index contributed by atoms with van der Waals surface area (Å²) in [6.07, 6.45) is 2.14. The van der Waals surface area contributed by atoms with E-state index in [1.54, 1.807) is 26.0 Å². The average molecular weight is 458 g/mol. The monoisotopic (exact) mass is 457 g/mol. The number of benzene rings is 2. The Balaban J connectivity index is 1.75. The van der Waals surface area contributed by atoms with Crippen LogP contribution in [-0.4, -0.2) is 36.7 Å². The molecule has 6 nitrogen and oxygen atoms in total. The van der Waals surface area contributed by atoms with Crippen molar-refractivity contribution < 1.29 is 13.2 Å². The van der Waals surface area contributed by atoms with Gasteiger partial charge in [-0.05, 0) is 30.2 Å². The van der Waals surface area contributed by atoms with E-state index in [4.69, 9.17) is 0 Å². The van der Waals surface area contributed by atoms with Gasteiger partial charge >= 0.3 is 0 Å². The summed E-state index contributed by atoms with van der Waals surface area (Å²) in [6, 6.07) is 14.4. The van der Waals surface area contributed by atoms with Gasteiger partial charge in [-0.25, -0.2) is 13.4 Å². The number of anilines is 1. The summed E-state index contributed by atoms with van der Waals surface area (Å²) in [4.78, 5) is 17.3. The number of hydrogen-bond donors (Lipinski definition) is 1. The molecular formula is C23H27N3O3S2. The first-order chi connectivity index (χ1) is 14.9. The van der Waals surface area contributed by atoms with Crippen molar-refractivity contribution in [3.8, 4) is 11.3 Å². The number of carbonyl (C=O) groups excluding carboxylic acids is 1. The minimum atomic E-state index is -3.63. The van der Waals surface area contributed by atoms with Crippen LogP contribution in [0.1, 0.15) is 43.1 Å². The van der Waals surface area contributed by atoms with Gasteiger partial charge in [0, 0.05) is 29.6 Å². The normalized spacial score (nSPS) is 11.6. The highest BCUT2D eigenvalue weighted by Gasteiger charge is 2.22. The summed E-state index contributed by atoms with van der Waals surface area (Å²) in [5.74, 6) is -0.393. The third-order valence-corrected chi connectivity index (χ3v) is 7.76. The number of hydrogen-bond acceptors (Lipinski definition) is 5. The second-order valence-electron chi connectivity index (χ2n) is 7.06. The summed E-state index contributed by atoms with van der Waals surface area (Å²) in [5.41, 5.74) is 3.34. The van der Waals surface area contributed by atoms with Gasteiger partial charge < -0.3 is 0 Å². The third kappa shape index (κ3) is 5.39. The Morgan fingerprint density at radius 1 is 1.06 bits per heavy atom. The van der Waals surface area contributed by atoms with Crippen molar-refractivity contribution in [1.29, 1.82) is 0 Å². The number of aromatic nitrogens is 1. The fraction of sp³-hybridized carbons (Fsp3) is 0.304. The lowest BCUT2D eigenvalue weighted by Crippen LogP contribution is -2.30. The van der Waals surface area contributed by atoms with Gasteiger partial charge in [-0.2, -0.15) is 4.31 Å². The molecule has 0 aliphatic rings. The number of nitrogens with one attached hydrogen (secondary N) is 1. The van der Waals surface area contributed by atoms with Crippen LogP contribution in [0, 0.1) is 0 Å². The summed E-state index contributed by atoms with van der Waals surface area (Å²) in [7, 11) is -3.63. The van der Waals surface area contributed by atoms with E-state index in [9.17, 15) is 13.2 Å². The number of carbonyl (C=O) groups is 1. The fourth-order valence-corrected chi connectivity index (χ4v) is 5.49. The molecule has 164 valence electrons. The molecule has 0 saturated heterocycles. The quantitative estimate of drug-likeness (QED) is 0.488. The SMILES string of the molecule is CCCc1ccc(-c2csc(NC(=O)c3cccc(S(=O)(=O)N(CC)CC)c3)n2)cc1. The third-order valence-electron chi connectivity index (χ3n) is 4.95. The van der Waals surface area contributed by atoms with Crippen LogP contribution in [0.4, 0.5) is 5.13 Å². The zero-order valence-electron chi connectivity index (χ0n) is 18.0. The van der Waals surface area contributed by atoms with E-state index in [1.165, 1.54) is 33.3 Å². The Labute approximate surface area is 188 Å². The molecular weight excluding hydrogens is 430 g/mol. The summed E-state index contributed by atoms with van der Waals surface area (Å²) < 4.78 is 26.8. The molecule has 0 radical (unpaired) electrons. The molecule has 1 N–H and O–H groups in total. The molecule has 0 aliphatic heterocycles. The van der Waals surface area contributed by atoms with E-state index < -0.39 is 15.9 Å². The maximum Gasteiger partial charge on any atom is 0.257 e. The Morgan fingerprint density at radius 3 is 2.42 bits per heavy atom. The molecule has 1 amide bonds. The van der Waals surface area contributed by atoms with E-state index in [0.717, 1.165) is 24.1 Å². The zero-order chi connectivity index (χ0) is 22.4. The molecule has 1 aromatic heterocycles. The largest absolute Gasteiger partial charge is 0.298 e. The molecule has 0 bridgehead atoms. The second-order valence-corrected chi connectivity index (χ2v) is 9.85. The van der Waals surface area contributed by atoms with Gasteiger partial charge in [0.15, 0.2) is 5.13 Å². The number of aryl methyl sites for hydroxylation is 1. The lowest BCUT2D eigenvalue weighted by atomic mass is 10.1. The van der Waals surface area contributed by atoms with Crippen molar-refractivity contribution in [2.45, 2.75) is 38.5 Å². The minimum Gasteiger partial charge on any atom is -0.298 e. The van der Waals surface area contributed by atoms with Crippen LogP contribution < -0.4 is 5.32 Å². The van der Waals surface area contributed by atoms with E-state index in [2.05, 4.69) is 29.4 Å². The van der Waals surface area contributed by atoms with Gasteiger partial charge in [0.05, 0.1) is 10.6 Å². The van der Waals surface area contributed by atoms with Gasteiger partial charge in [-0.3, -0.25) is 10.1 Å². The highest BCUT2D eigenvalue weighted by atomic mass is 32.2. The van der Waals surface area contributed by atoms with E-state index in [0.29, 0.717) is 18.2 Å². The lowest BCUT2D eigenvalue weighted by Gasteiger charge is -2.18. The van der Waals surface area contributed by atoms with Gasteiger partial charge in [0.25, 0.3) is 5.91 Å². The van der Waals surface area contributed by atoms with Crippen molar-refractivity contribution in [2.75, 3.05) is 18.4 Å². The topological polar surface area (TPSA) is 79.4 Å². The van der Waals surface area contributed by atoms with Crippen LogP contribution in [0.3, 0.4) is 0 Å². The summed E-state index contributed by atoms with van der Waals surface area (Å²) in [6.45, 7) is 6.47. The maximum atomic E-state index is 12.7. The predicted molar refractivity (Wildman–Crippen MR) is 126 cm³/mol. The first-order valence-corrected chi connectivity index (χ1v) is 12.7. The van der Waals surface area contributed by atoms with Gasteiger partial charge in [-0.15, -0.1) is 11.3 Å². The van der Waals surface area contributed by atoms with E-state index >= 15 is 0 Å². The maximum absolute atomic E-state index is 12.7. The van der Waals surface area contributed by atoms with E-state index in [1.807, 2.05) is 17.5 Å². The zero-order valence-corrected chi connectivity index (χ0v) is 19.6. The standard InChI is InChI=1S/C23H27N3O3S2/c1-4-8-17-11-13-18(14-12-17)21-16-30-23(24-21)25-22(27)19-9-7-10-20(15-19)31(28,29)26(5-2)6-3/h7,9-16H,4-6,8H2,1-3H3,(H,24,25,27). The first-order valence-electron chi connectivity index (χ1n) is 10.3. The first kappa shape index (κ1) is 23.1. The molecule has 0 spiro atoms. The molecule has 0 saturated carbocycles. The van der Waals surface area contributed by atoms with Crippen molar-refractivity contribution in [3.05, 3.63) is 65.0 Å². The smallest absolute Gasteiger partial charge is 0.257 e.